The first-order valence-electron chi connectivity index (χ1n) is 6.95. The average molecular weight is 258 g/mol. The van der Waals surface area contributed by atoms with Crippen LogP contribution in [-0.4, -0.2) is 16.9 Å². The molecule has 0 aromatic heterocycles. The monoisotopic (exact) mass is 258 g/mol. The number of Topliss-reactive ketones (excluding diaryl/α,β-unsaturated/α-hetero) is 1. The minimum Gasteiger partial charge on any atom is -0.478 e. The number of carboxylic acids is 1. The Morgan fingerprint density at radius 3 is 2.16 bits per heavy atom. The van der Waals surface area contributed by atoms with E-state index in [-0.39, 0.29) is 16.8 Å². The molecule has 3 heteroatoms. The van der Waals surface area contributed by atoms with E-state index in [4.69, 9.17) is 5.11 Å². The molecule has 2 aliphatic carbocycles. The molecule has 0 spiro atoms. The minimum atomic E-state index is -0.952. The Labute approximate surface area is 112 Å². The van der Waals surface area contributed by atoms with Crippen LogP contribution in [0.4, 0.5) is 0 Å². The lowest BCUT2D eigenvalue weighted by Gasteiger charge is -2.25. The van der Waals surface area contributed by atoms with E-state index in [1.54, 1.807) is 12.1 Å². The summed E-state index contributed by atoms with van der Waals surface area (Å²) < 4.78 is 0. The molecule has 0 heterocycles. The summed E-state index contributed by atoms with van der Waals surface area (Å²) in [6.07, 6.45) is 6.80. The third kappa shape index (κ3) is 2.29. The zero-order valence-corrected chi connectivity index (χ0v) is 10.9. The van der Waals surface area contributed by atoms with E-state index < -0.39 is 5.97 Å². The van der Waals surface area contributed by atoms with Crippen LogP contribution >= 0.6 is 0 Å². The van der Waals surface area contributed by atoms with Gasteiger partial charge in [0.05, 0.1) is 5.56 Å². The Balaban J connectivity index is 1.72. The second kappa shape index (κ2) is 4.48. The number of benzene rings is 1. The van der Waals surface area contributed by atoms with Gasteiger partial charge in [-0.05, 0) is 55.6 Å². The third-order valence-electron chi connectivity index (χ3n) is 4.88. The lowest BCUT2D eigenvalue weighted by atomic mass is 9.79. The molecule has 0 aliphatic heterocycles. The van der Waals surface area contributed by atoms with E-state index in [9.17, 15) is 9.59 Å². The van der Waals surface area contributed by atoms with E-state index >= 15 is 0 Å². The van der Waals surface area contributed by atoms with Crippen LogP contribution in [0.15, 0.2) is 24.3 Å². The minimum absolute atomic E-state index is 0.166. The first-order valence-corrected chi connectivity index (χ1v) is 6.95. The molecule has 1 N–H and O–H groups in total. The second-order valence-corrected chi connectivity index (χ2v) is 6.13. The van der Waals surface area contributed by atoms with Crippen LogP contribution in [0.5, 0.6) is 0 Å². The van der Waals surface area contributed by atoms with Gasteiger partial charge in [-0.1, -0.05) is 12.1 Å². The molecule has 0 saturated heterocycles. The molecule has 2 aliphatic rings. The Bertz CT molecular complexity index is 507. The smallest absolute Gasteiger partial charge is 0.335 e. The lowest BCUT2D eigenvalue weighted by Crippen LogP contribution is -2.19. The second-order valence-electron chi connectivity index (χ2n) is 6.13. The molecule has 0 atom stereocenters. The molecular formula is C16H18O3. The standard InChI is InChI=1S/C16H18O3/c17-14(10-16-7-5-11(9-16)6-8-16)12-1-3-13(4-2-12)15(18)19/h1-4,11H,5-10H2,(H,18,19). The Morgan fingerprint density at radius 2 is 1.68 bits per heavy atom. The molecule has 100 valence electrons. The number of fused-ring (bicyclic) bond motifs is 2. The van der Waals surface area contributed by atoms with Crippen molar-refractivity contribution in [3.8, 4) is 0 Å². The van der Waals surface area contributed by atoms with E-state index in [1.165, 1.54) is 44.2 Å². The maximum atomic E-state index is 12.3. The molecule has 2 bridgehead atoms. The van der Waals surface area contributed by atoms with Crippen molar-refractivity contribution in [3.05, 3.63) is 35.4 Å². The van der Waals surface area contributed by atoms with Gasteiger partial charge in [0.15, 0.2) is 5.78 Å². The lowest BCUT2D eigenvalue weighted by molar-refractivity contribution is 0.0696. The first kappa shape index (κ1) is 12.4. The molecule has 1 aromatic carbocycles. The van der Waals surface area contributed by atoms with Gasteiger partial charge in [-0.3, -0.25) is 4.79 Å². The Kier molecular flexibility index (Phi) is 2.92. The van der Waals surface area contributed by atoms with Gasteiger partial charge in [-0.2, -0.15) is 0 Å². The molecule has 1 aromatic rings. The normalized spacial score (nSPS) is 28.5. The number of hydrogen-bond donors (Lipinski definition) is 1. The quantitative estimate of drug-likeness (QED) is 0.840. The van der Waals surface area contributed by atoms with Gasteiger partial charge in [-0.25, -0.2) is 4.79 Å². The van der Waals surface area contributed by atoms with Crippen molar-refractivity contribution in [3.63, 3.8) is 0 Å². The Hall–Kier alpha value is -1.64. The highest BCUT2D eigenvalue weighted by atomic mass is 16.4. The number of carboxylic acid groups (broad SMARTS) is 1. The number of aromatic carboxylic acids is 1. The van der Waals surface area contributed by atoms with E-state index in [2.05, 4.69) is 0 Å². The highest BCUT2D eigenvalue weighted by Gasteiger charge is 2.45. The average Bonchev–Trinajstić information content (AvgIpc) is 2.98. The van der Waals surface area contributed by atoms with Gasteiger partial charge in [0, 0.05) is 12.0 Å². The van der Waals surface area contributed by atoms with Crippen LogP contribution in [0, 0.1) is 11.3 Å². The van der Waals surface area contributed by atoms with Gasteiger partial charge < -0.3 is 5.11 Å². The fraction of sp³-hybridized carbons (Fsp3) is 0.500. The number of rotatable bonds is 4. The number of carbonyl (C=O) groups is 2. The summed E-state index contributed by atoms with van der Waals surface area (Å²) in [6, 6.07) is 6.31. The molecule has 0 amide bonds. The highest BCUT2D eigenvalue weighted by molar-refractivity contribution is 5.97. The largest absolute Gasteiger partial charge is 0.478 e. The van der Waals surface area contributed by atoms with E-state index in [0.29, 0.717) is 12.0 Å². The predicted molar refractivity (Wildman–Crippen MR) is 71.4 cm³/mol. The maximum Gasteiger partial charge on any atom is 0.335 e. The van der Waals surface area contributed by atoms with Gasteiger partial charge in [-0.15, -0.1) is 0 Å². The van der Waals surface area contributed by atoms with Crippen molar-refractivity contribution in [2.45, 2.75) is 38.5 Å². The number of hydrogen-bond acceptors (Lipinski definition) is 2. The molecule has 0 radical (unpaired) electrons. The van der Waals surface area contributed by atoms with Crippen LogP contribution in [0.3, 0.4) is 0 Å². The van der Waals surface area contributed by atoms with Crippen molar-refractivity contribution in [1.82, 2.24) is 0 Å². The number of ketones is 1. The fourth-order valence-corrected chi connectivity index (χ4v) is 3.80. The first-order chi connectivity index (χ1) is 9.08. The van der Waals surface area contributed by atoms with Gasteiger partial charge in [0.2, 0.25) is 0 Å². The van der Waals surface area contributed by atoms with E-state index in [0.717, 1.165) is 5.92 Å². The molecule has 0 unspecified atom stereocenters. The van der Waals surface area contributed by atoms with Crippen LogP contribution < -0.4 is 0 Å². The van der Waals surface area contributed by atoms with Crippen molar-refractivity contribution in [1.29, 1.82) is 0 Å². The van der Waals surface area contributed by atoms with Gasteiger partial charge >= 0.3 is 5.97 Å². The predicted octanol–water partition coefficient (Wildman–Crippen LogP) is 3.54. The summed E-state index contributed by atoms with van der Waals surface area (Å²) in [5.41, 5.74) is 1.14. The summed E-state index contributed by atoms with van der Waals surface area (Å²) in [4.78, 5) is 23.1. The topological polar surface area (TPSA) is 54.4 Å². The summed E-state index contributed by atoms with van der Waals surface area (Å²) in [5.74, 6) is 0.0636. The summed E-state index contributed by atoms with van der Waals surface area (Å²) in [6.45, 7) is 0. The van der Waals surface area contributed by atoms with Crippen LogP contribution in [-0.2, 0) is 0 Å². The van der Waals surface area contributed by atoms with Crippen LogP contribution in [0.1, 0.15) is 59.2 Å². The summed E-state index contributed by atoms with van der Waals surface area (Å²) >= 11 is 0. The SMILES string of the molecule is O=C(O)c1ccc(C(=O)CC23CCC(CC2)C3)cc1. The highest BCUT2D eigenvalue weighted by Crippen LogP contribution is 2.56. The molecule has 19 heavy (non-hydrogen) atoms. The maximum absolute atomic E-state index is 12.3. The molecule has 3 nitrogen and oxygen atoms in total. The zero-order valence-electron chi connectivity index (χ0n) is 10.9. The van der Waals surface area contributed by atoms with Gasteiger partial charge in [0.25, 0.3) is 0 Å². The Morgan fingerprint density at radius 1 is 1.11 bits per heavy atom. The number of carbonyl (C=O) groups excluding carboxylic acids is 1. The van der Waals surface area contributed by atoms with Gasteiger partial charge in [0.1, 0.15) is 0 Å². The van der Waals surface area contributed by atoms with E-state index in [1.807, 2.05) is 0 Å². The molecule has 3 rings (SSSR count). The van der Waals surface area contributed by atoms with Crippen LogP contribution in [0.2, 0.25) is 0 Å². The molecule has 2 fully saturated rings. The third-order valence-corrected chi connectivity index (χ3v) is 4.88. The zero-order chi connectivity index (χ0) is 13.5. The van der Waals surface area contributed by atoms with Crippen molar-refractivity contribution in [2.24, 2.45) is 11.3 Å². The summed E-state index contributed by atoms with van der Waals surface area (Å²) in [7, 11) is 0. The molecule has 2 saturated carbocycles. The molecular weight excluding hydrogens is 240 g/mol. The van der Waals surface area contributed by atoms with Crippen molar-refractivity contribution in [2.75, 3.05) is 0 Å². The van der Waals surface area contributed by atoms with Crippen LogP contribution in [0.25, 0.3) is 0 Å². The van der Waals surface area contributed by atoms with Crippen molar-refractivity contribution >= 4 is 11.8 Å². The van der Waals surface area contributed by atoms with Crippen molar-refractivity contribution < 1.29 is 14.7 Å². The summed E-state index contributed by atoms with van der Waals surface area (Å²) in [5, 5.41) is 8.84. The fourth-order valence-electron chi connectivity index (χ4n) is 3.80.